The van der Waals surface area contributed by atoms with Crippen LogP contribution in [0.3, 0.4) is 0 Å². The van der Waals surface area contributed by atoms with E-state index in [1.54, 1.807) is 0 Å². The van der Waals surface area contributed by atoms with Crippen LogP contribution in [-0.4, -0.2) is 96.7 Å². The van der Waals surface area contributed by atoms with Gasteiger partial charge < -0.3 is 33.8 Å². The van der Waals surface area contributed by atoms with Crippen LogP contribution in [0.4, 0.5) is 0 Å². The molecule has 0 aromatic heterocycles. The van der Waals surface area contributed by atoms with Crippen molar-refractivity contribution in [1.29, 1.82) is 0 Å². The smallest absolute Gasteiger partial charge is 0.462 e. The summed E-state index contributed by atoms with van der Waals surface area (Å²) < 4.78 is 68.6. The van der Waals surface area contributed by atoms with Crippen molar-refractivity contribution in [3.8, 4) is 0 Å². The molecule has 0 aliphatic rings. The maximum Gasteiger partial charge on any atom is 0.472 e. The van der Waals surface area contributed by atoms with E-state index in [9.17, 15) is 43.2 Å². The zero-order valence-corrected chi connectivity index (χ0v) is 65.5. The number of aliphatic hydroxyl groups is 1. The van der Waals surface area contributed by atoms with Gasteiger partial charge in [0.25, 0.3) is 0 Å². The van der Waals surface area contributed by atoms with Gasteiger partial charge in [0, 0.05) is 25.7 Å². The highest BCUT2D eigenvalue weighted by atomic mass is 31.2. The van der Waals surface area contributed by atoms with Gasteiger partial charge in [-0.25, -0.2) is 9.13 Å². The van der Waals surface area contributed by atoms with Gasteiger partial charge in [-0.2, -0.15) is 0 Å². The van der Waals surface area contributed by atoms with E-state index < -0.39 is 97.5 Å². The molecule has 0 aromatic rings. The van der Waals surface area contributed by atoms with Crippen LogP contribution in [0.2, 0.25) is 0 Å². The molecule has 17 nitrogen and oxygen atoms in total. The largest absolute Gasteiger partial charge is 0.472 e. The van der Waals surface area contributed by atoms with E-state index in [0.717, 1.165) is 120 Å². The molecule has 3 N–H and O–H groups in total. The normalized spacial score (nSPS) is 14.4. The number of aliphatic hydroxyl groups excluding tert-OH is 1. The van der Waals surface area contributed by atoms with Crippen LogP contribution < -0.4 is 0 Å². The molecule has 0 saturated heterocycles. The summed E-state index contributed by atoms with van der Waals surface area (Å²) in [7, 11) is -9.92. The van der Waals surface area contributed by atoms with Crippen LogP contribution in [0.1, 0.15) is 396 Å². The topological polar surface area (TPSA) is 237 Å². The first-order valence-corrected chi connectivity index (χ1v) is 43.2. The van der Waals surface area contributed by atoms with E-state index in [2.05, 4.69) is 55.4 Å². The van der Waals surface area contributed by atoms with E-state index in [0.29, 0.717) is 25.7 Å². The molecule has 19 heteroatoms. The van der Waals surface area contributed by atoms with Crippen molar-refractivity contribution in [3.05, 3.63) is 0 Å². The monoisotopic (exact) mass is 1420 g/mol. The minimum absolute atomic E-state index is 0.105. The maximum atomic E-state index is 13.1. The van der Waals surface area contributed by atoms with Crippen molar-refractivity contribution >= 4 is 39.5 Å². The summed E-state index contributed by atoms with van der Waals surface area (Å²) in [5, 5.41) is 10.6. The predicted octanol–water partition coefficient (Wildman–Crippen LogP) is 22.8. The number of rotatable bonds is 75. The SMILES string of the molecule is CCC(C)CCCCCCCCC(=O)OC[C@H](COP(=O)(O)OC[C@H](O)COP(=O)(O)OC[C@@H](COC(=O)CCCCCCCCCCCCCCC(C)C)OC(=O)CCCCCCCCCCCCCCCCCCC(C)C)OC(=O)CCCCCCCCCCCCC(C)C. The fourth-order valence-corrected chi connectivity index (χ4v) is 13.5. The third-order valence-corrected chi connectivity index (χ3v) is 20.3. The van der Waals surface area contributed by atoms with Crippen molar-refractivity contribution in [3.63, 3.8) is 0 Å². The lowest BCUT2D eigenvalue weighted by molar-refractivity contribution is -0.161. The first-order valence-electron chi connectivity index (χ1n) is 40.2. The summed E-state index contributed by atoms with van der Waals surface area (Å²) in [5.74, 6) is 0.955. The average molecular weight is 1420 g/mol. The molecule has 3 unspecified atom stereocenters. The van der Waals surface area contributed by atoms with E-state index in [1.165, 1.54) is 193 Å². The summed E-state index contributed by atoms with van der Waals surface area (Å²) in [5.41, 5.74) is 0. The van der Waals surface area contributed by atoms with Gasteiger partial charge in [-0.1, -0.05) is 344 Å². The molecule has 0 aliphatic heterocycles. The Kier molecular flexibility index (Phi) is 65.9. The Balaban J connectivity index is 5.25. The lowest BCUT2D eigenvalue weighted by atomic mass is 10.00. The molecular weight excluding hydrogens is 1270 g/mol. The van der Waals surface area contributed by atoms with Crippen LogP contribution in [0, 0.1) is 23.7 Å². The fourth-order valence-electron chi connectivity index (χ4n) is 11.9. The molecule has 0 amide bonds. The highest BCUT2D eigenvalue weighted by molar-refractivity contribution is 7.47. The Morgan fingerprint density at radius 1 is 0.289 bits per heavy atom. The molecule has 0 rings (SSSR count). The maximum absolute atomic E-state index is 13.1. The van der Waals surface area contributed by atoms with E-state index in [4.69, 9.17) is 37.0 Å². The number of phosphoric acid groups is 2. The quantitative estimate of drug-likeness (QED) is 0.0222. The minimum Gasteiger partial charge on any atom is -0.462 e. The van der Waals surface area contributed by atoms with Crippen LogP contribution in [0.25, 0.3) is 0 Å². The van der Waals surface area contributed by atoms with Crippen LogP contribution in [-0.2, 0) is 65.4 Å². The highest BCUT2D eigenvalue weighted by Crippen LogP contribution is 2.45. The Morgan fingerprint density at radius 2 is 0.495 bits per heavy atom. The van der Waals surface area contributed by atoms with Gasteiger partial charge in [-0.15, -0.1) is 0 Å². The number of carbonyl (C=O) groups excluding carboxylic acids is 4. The lowest BCUT2D eigenvalue weighted by Gasteiger charge is -2.21. The zero-order chi connectivity index (χ0) is 71.7. The van der Waals surface area contributed by atoms with Gasteiger partial charge in [0.05, 0.1) is 26.4 Å². The second kappa shape index (κ2) is 67.2. The number of esters is 4. The Labute approximate surface area is 594 Å². The molecule has 0 fully saturated rings. The summed E-state index contributed by atoms with van der Waals surface area (Å²) in [6.07, 6.45) is 52.7. The summed E-state index contributed by atoms with van der Waals surface area (Å²) in [6, 6.07) is 0. The van der Waals surface area contributed by atoms with Gasteiger partial charge in [0.1, 0.15) is 19.3 Å². The van der Waals surface area contributed by atoms with Crippen LogP contribution in [0.15, 0.2) is 0 Å². The molecule has 0 aliphatic carbocycles. The van der Waals surface area contributed by atoms with Gasteiger partial charge in [-0.3, -0.25) is 37.3 Å². The second-order valence-electron chi connectivity index (χ2n) is 29.8. The number of ether oxygens (including phenoxy) is 4. The molecular formula is C78H152O17P2. The van der Waals surface area contributed by atoms with Gasteiger partial charge in [0.2, 0.25) is 0 Å². The molecule has 576 valence electrons. The Morgan fingerprint density at radius 3 is 0.732 bits per heavy atom. The standard InChI is InChI=1S/C78H152O17P2/c1-9-71(8)57-49-41-36-37-43-51-59-76(81)89-65-74(95-78(83)61-53-45-35-29-23-22-26-32-40-48-56-70(6)7)67-93-97(86,87)91-63-72(79)62-90-96(84,85)92-66-73(64-88-75(80)58-50-42-33-27-20-17-16-19-25-31-39-47-55-69(4)5)94-77(82)60-52-44-34-28-21-15-13-11-10-12-14-18-24-30-38-46-54-68(2)3/h68-74,79H,9-67H2,1-8H3,(H,84,85)(H,86,87)/t71?,72-,73-,74-/m1/s1. The number of hydrogen-bond donors (Lipinski definition) is 3. The fraction of sp³-hybridized carbons (Fsp3) is 0.949. The summed E-state index contributed by atoms with van der Waals surface area (Å²) in [4.78, 5) is 72.9. The first kappa shape index (κ1) is 95.1. The molecule has 0 heterocycles. The molecule has 97 heavy (non-hydrogen) atoms. The molecule has 0 spiro atoms. The van der Waals surface area contributed by atoms with E-state index >= 15 is 0 Å². The minimum atomic E-state index is -4.96. The molecule has 0 bridgehead atoms. The summed E-state index contributed by atoms with van der Waals surface area (Å²) in [6.45, 7) is 14.2. The van der Waals surface area contributed by atoms with Crippen LogP contribution >= 0.6 is 15.6 Å². The highest BCUT2D eigenvalue weighted by Gasteiger charge is 2.30. The lowest BCUT2D eigenvalue weighted by Crippen LogP contribution is -2.30. The predicted molar refractivity (Wildman–Crippen MR) is 395 cm³/mol. The third-order valence-electron chi connectivity index (χ3n) is 18.4. The second-order valence-corrected chi connectivity index (χ2v) is 32.7. The van der Waals surface area contributed by atoms with Gasteiger partial charge >= 0.3 is 39.5 Å². The van der Waals surface area contributed by atoms with Crippen molar-refractivity contribution in [2.24, 2.45) is 23.7 Å². The van der Waals surface area contributed by atoms with Crippen molar-refractivity contribution in [2.45, 2.75) is 414 Å². The van der Waals surface area contributed by atoms with Gasteiger partial charge in [-0.05, 0) is 49.4 Å². The average Bonchev–Trinajstić information content (AvgIpc) is 1.05. The Bertz CT molecular complexity index is 1900. The number of phosphoric ester groups is 2. The number of hydrogen-bond acceptors (Lipinski definition) is 15. The van der Waals surface area contributed by atoms with Crippen molar-refractivity contribution in [2.75, 3.05) is 39.6 Å². The number of carbonyl (C=O) groups is 4. The van der Waals surface area contributed by atoms with E-state index in [1.807, 2.05) is 0 Å². The summed E-state index contributed by atoms with van der Waals surface area (Å²) >= 11 is 0. The van der Waals surface area contributed by atoms with Crippen LogP contribution in [0.5, 0.6) is 0 Å². The molecule has 0 saturated carbocycles. The Hall–Kier alpha value is -1.94. The zero-order valence-electron chi connectivity index (χ0n) is 63.7. The third kappa shape index (κ3) is 70.9. The van der Waals surface area contributed by atoms with Gasteiger partial charge in [0.15, 0.2) is 12.2 Å². The van der Waals surface area contributed by atoms with Crippen molar-refractivity contribution in [1.82, 2.24) is 0 Å². The van der Waals surface area contributed by atoms with Crippen molar-refractivity contribution < 1.29 is 80.2 Å². The molecule has 6 atom stereocenters. The molecule has 0 radical (unpaired) electrons. The van der Waals surface area contributed by atoms with E-state index in [-0.39, 0.29) is 25.7 Å². The number of unbranched alkanes of at least 4 members (excludes halogenated alkanes) is 40. The first-order chi connectivity index (χ1) is 46.6. The molecule has 0 aromatic carbocycles.